The Bertz CT molecular complexity index is 178. The number of rotatable bonds is 2. The fourth-order valence-corrected chi connectivity index (χ4v) is 1.13. The zero-order chi connectivity index (χ0) is 8.04. The second-order valence-corrected chi connectivity index (χ2v) is 8.28. The van der Waals surface area contributed by atoms with E-state index in [1.807, 2.05) is 12.1 Å². The third-order valence-corrected chi connectivity index (χ3v) is 2.07. The lowest BCUT2D eigenvalue weighted by molar-refractivity contribution is 1.53. The molecule has 0 heterocycles. The molecule has 0 amide bonds. The molecule has 0 bridgehead atoms. The van der Waals surface area contributed by atoms with Gasteiger partial charge in [-0.2, -0.15) is 5.26 Å². The first-order valence-corrected chi connectivity index (χ1v) is 6.88. The van der Waals surface area contributed by atoms with Gasteiger partial charge >= 0.3 is 0 Å². The summed E-state index contributed by atoms with van der Waals surface area (Å²) in [6.45, 7) is 6.76. The van der Waals surface area contributed by atoms with E-state index in [9.17, 15) is 0 Å². The summed E-state index contributed by atoms with van der Waals surface area (Å²) in [5.74, 6) is 0. The predicted molar refractivity (Wildman–Crippen MR) is 47.2 cm³/mol. The minimum atomic E-state index is -1.05. The molecule has 0 rings (SSSR count). The van der Waals surface area contributed by atoms with E-state index in [-0.39, 0.29) is 0 Å². The number of nitriles is 1. The topological polar surface area (TPSA) is 23.8 Å². The van der Waals surface area contributed by atoms with Crippen LogP contribution < -0.4 is 0 Å². The maximum absolute atomic E-state index is 8.14. The predicted octanol–water partition coefficient (Wildman–Crippen LogP) is 2.50. The van der Waals surface area contributed by atoms with Crippen molar-refractivity contribution in [3.05, 3.63) is 23.9 Å². The smallest absolute Gasteiger partial charge is 0.0912 e. The lowest BCUT2D eigenvalue weighted by Gasteiger charge is -2.06. The molecule has 0 N–H and O–H groups in total. The molecule has 0 aliphatic heterocycles. The normalized spacial score (nSPS) is 12.6. The van der Waals surface area contributed by atoms with E-state index >= 15 is 0 Å². The Balaban J connectivity index is 3.81. The number of nitrogens with zero attached hydrogens (tertiary/aromatic N) is 1. The molecule has 10 heavy (non-hydrogen) atoms. The second-order valence-electron chi connectivity index (χ2n) is 3.21. The van der Waals surface area contributed by atoms with Crippen LogP contribution in [0.3, 0.4) is 0 Å². The summed E-state index contributed by atoms with van der Waals surface area (Å²) in [4.78, 5) is 0. The summed E-state index contributed by atoms with van der Waals surface area (Å²) in [7, 11) is -1.05. The van der Waals surface area contributed by atoms with Gasteiger partial charge < -0.3 is 0 Å². The average Bonchev–Trinajstić information content (AvgIpc) is 1.78. The van der Waals surface area contributed by atoms with Crippen molar-refractivity contribution in [3.8, 4) is 6.07 Å². The summed E-state index contributed by atoms with van der Waals surface area (Å²) in [5.41, 5.74) is 2.20. The molecule has 0 radical (unpaired) electrons. The van der Waals surface area contributed by atoms with Crippen molar-refractivity contribution in [1.82, 2.24) is 0 Å². The Kier molecular flexibility index (Phi) is 3.74. The van der Waals surface area contributed by atoms with Crippen molar-refractivity contribution in [2.24, 2.45) is 0 Å². The Labute approximate surface area is 63.7 Å². The molecule has 1 nitrogen and oxygen atoms in total. The van der Waals surface area contributed by atoms with Crippen LogP contribution in [0.5, 0.6) is 0 Å². The van der Waals surface area contributed by atoms with Gasteiger partial charge in [0.15, 0.2) is 0 Å². The van der Waals surface area contributed by atoms with E-state index in [1.54, 1.807) is 6.08 Å². The molecule has 54 valence electrons. The average molecular weight is 151 g/mol. The number of allylic oxidation sites excluding steroid dienone is 3. The fourth-order valence-electron chi connectivity index (χ4n) is 0.443. The van der Waals surface area contributed by atoms with Gasteiger partial charge in [0.2, 0.25) is 0 Å². The van der Waals surface area contributed by atoms with Crippen LogP contribution >= 0.6 is 0 Å². The van der Waals surface area contributed by atoms with E-state index < -0.39 is 8.07 Å². The van der Waals surface area contributed by atoms with E-state index in [0.29, 0.717) is 0 Å². The Morgan fingerprint density at radius 2 is 1.80 bits per heavy atom. The van der Waals surface area contributed by atoms with E-state index in [0.717, 1.165) is 0 Å². The molecule has 0 aliphatic carbocycles. The molecule has 0 aromatic heterocycles. The highest BCUT2D eigenvalue weighted by molar-refractivity contribution is 6.80. The fraction of sp³-hybridized carbons (Fsp3) is 0.375. The molecule has 0 saturated carbocycles. The van der Waals surface area contributed by atoms with Gasteiger partial charge in [-0.3, -0.25) is 0 Å². The zero-order valence-electron chi connectivity index (χ0n) is 6.76. The summed E-state index contributed by atoms with van der Waals surface area (Å²) < 4.78 is 0. The molecule has 0 aromatic carbocycles. The van der Waals surface area contributed by atoms with E-state index in [2.05, 4.69) is 25.3 Å². The van der Waals surface area contributed by atoms with Gasteiger partial charge in [0.25, 0.3) is 0 Å². The summed E-state index contributed by atoms with van der Waals surface area (Å²) >= 11 is 0. The molecule has 0 spiro atoms. The van der Waals surface area contributed by atoms with E-state index in [1.165, 1.54) is 6.08 Å². The molecular weight excluding hydrogens is 138 g/mol. The van der Waals surface area contributed by atoms with Crippen LogP contribution in [0.4, 0.5) is 0 Å². The van der Waals surface area contributed by atoms with Crippen LogP contribution in [-0.2, 0) is 0 Å². The molecule has 0 atom stereocenters. The quantitative estimate of drug-likeness (QED) is 0.338. The maximum atomic E-state index is 8.14. The van der Waals surface area contributed by atoms with Crippen LogP contribution in [0.15, 0.2) is 23.9 Å². The van der Waals surface area contributed by atoms with Gasteiger partial charge in [0.1, 0.15) is 0 Å². The van der Waals surface area contributed by atoms with Crippen LogP contribution in [0.1, 0.15) is 0 Å². The SMILES string of the molecule is C[Si](C)(C)C=CC=CC#N. The van der Waals surface area contributed by atoms with Crippen molar-refractivity contribution in [1.29, 1.82) is 5.26 Å². The van der Waals surface area contributed by atoms with Crippen molar-refractivity contribution in [2.45, 2.75) is 19.6 Å². The third-order valence-electron chi connectivity index (χ3n) is 0.878. The van der Waals surface area contributed by atoms with Crippen molar-refractivity contribution >= 4 is 8.07 Å². The first-order chi connectivity index (χ1) is 4.56. The molecule has 0 unspecified atom stereocenters. The van der Waals surface area contributed by atoms with Crippen LogP contribution in [0, 0.1) is 11.3 Å². The van der Waals surface area contributed by atoms with Gasteiger partial charge in [0, 0.05) is 6.08 Å². The summed E-state index contributed by atoms with van der Waals surface area (Å²) in [5, 5.41) is 8.14. The molecule has 2 heteroatoms. The van der Waals surface area contributed by atoms with Crippen molar-refractivity contribution < 1.29 is 0 Å². The molecule has 0 fully saturated rings. The molecule has 0 aromatic rings. The van der Waals surface area contributed by atoms with Gasteiger partial charge in [0.05, 0.1) is 14.1 Å². The van der Waals surface area contributed by atoms with Gasteiger partial charge in [-0.25, -0.2) is 0 Å². The van der Waals surface area contributed by atoms with Crippen molar-refractivity contribution in [2.75, 3.05) is 0 Å². The minimum Gasteiger partial charge on any atom is -0.193 e. The van der Waals surface area contributed by atoms with Crippen LogP contribution in [0.25, 0.3) is 0 Å². The highest BCUT2D eigenvalue weighted by Crippen LogP contribution is 2.01. The number of hydrogen-bond donors (Lipinski definition) is 0. The van der Waals surface area contributed by atoms with Gasteiger partial charge in [-0.05, 0) is 0 Å². The Morgan fingerprint density at radius 1 is 1.20 bits per heavy atom. The second kappa shape index (κ2) is 4.07. The van der Waals surface area contributed by atoms with E-state index in [4.69, 9.17) is 5.26 Å². The minimum absolute atomic E-state index is 1.05. The molecule has 0 saturated heterocycles. The monoisotopic (exact) mass is 151 g/mol. The Morgan fingerprint density at radius 3 is 2.20 bits per heavy atom. The van der Waals surface area contributed by atoms with Gasteiger partial charge in [-0.1, -0.05) is 37.5 Å². The Hall–Kier alpha value is -0.813. The lowest BCUT2D eigenvalue weighted by atomic mass is 10.5. The highest BCUT2D eigenvalue weighted by Gasteiger charge is 2.05. The zero-order valence-corrected chi connectivity index (χ0v) is 7.76. The van der Waals surface area contributed by atoms with Crippen molar-refractivity contribution in [3.63, 3.8) is 0 Å². The molecular formula is C8H13NSi. The maximum Gasteiger partial charge on any atom is 0.0912 e. The summed E-state index contributed by atoms with van der Waals surface area (Å²) in [6, 6.07) is 1.94. The molecule has 0 aliphatic rings. The van der Waals surface area contributed by atoms with Crippen LogP contribution in [-0.4, -0.2) is 8.07 Å². The first kappa shape index (κ1) is 9.19. The largest absolute Gasteiger partial charge is 0.193 e. The number of hydrogen-bond acceptors (Lipinski definition) is 1. The standard InChI is InChI=1S/C8H13NSi/c1-10(2,3)8-6-4-5-7-9/h4-6,8H,1-3H3. The lowest BCUT2D eigenvalue weighted by Crippen LogP contribution is -2.14. The van der Waals surface area contributed by atoms with Crippen LogP contribution in [0.2, 0.25) is 19.6 Å². The van der Waals surface area contributed by atoms with Gasteiger partial charge in [-0.15, -0.1) is 0 Å². The highest BCUT2D eigenvalue weighted by atomic mass is 28.3. The third kappa shape index (κ3) is 7.19. The summed E-state index contributed by atoms with van der Waals surface area (Å²) in [6.07, 6.45) is 5.21. The first-order valence-electron chi connectivity index (χ1n) is 3.30.